The first kappa shape index (κ1) is 21.9. The lowest BCUT2D eigenvalue weighted by Gasteiger charge is -2.16. The maximum absolute atomic E-state index is 13.1. The topological polar surface area (TPSA) is 64.0 Å². The van der Waals surface area contributed by atoms with Crippen molar-refractivity contribution >= 4 is 28.6 Å². The summed E-state index contributed by atoms with van der Waals surface area (Å²) in [5.74, 6) is 0.772. The number of benzene rings is 1. The van der Waals surface area contributed by atoms with E-state index in [2.05, 4.69) is 19.2 Å². The molecule has 1 saturated carbocycles. The molecule has 3 rings (SSSR count). The van der Waals surface area contributed by atoms with Crippen molar-refractivity contribution in [2.45, 2.75) is 88.7 Å². The highest BCUT2D eigenvalue weighted by Crippen LogP contribution is 2.25. The first-order valence-electron chi connectivity index (χ1n) is 10.9. The minimum absolute atomic E-state index is 0.00455. The molecule has 1 heterocycles. The molecule has 0 bridgehead atoms. The fraction of sp³-hybridized carbons (Fsp3) is 0.609. The standard InChI is InChI=1S/C23H33N3O2S/c1-16(2)10-6-4-5-9-15-26-22(28)19-11-7-8-12-20(19)25-23(26)29-17(3)21(27)24-18-13-14-18/h7-8,11-12,16-18H,4-6,9-10,13-15H2,1-3H3,(H,24,27). The maximum atomic E-state index is 13.1. The molecular weight excluding hydrogens is 382 g/mol. The van der Waals surface area contributed by atoms with Crippen molar-refractivity contribution < 1.29 is 4.79 Å². The van der Waals surface area contributed by atoms with Crippen molar-refractivity contribution in [2.75, 3.05) is 0 Å². The van der Waals surface area contributed by atoms with Crippen molar-refractivity contribution in [3.63, 3.8) is 0 Å². The zero-order valence-corrected chi connectivity index (χ0v) is 18.6. The van der Waals surface area contributed by atoms with E-state index in [4.69, 9.17) is 4.98 Å². The van der Waals surface area contributed by atoms with Crippen LogP contribution in [-0.4, -0.2) is 26.8 Å². The van der Waals surface area contributed by atoms with Crippen LogP contribution in [0.2, 0.25) is 0 Å². The van der Waals surface area contributed by atoms with Gasteiger partial charge in [0.05, 0.1) is 16.2 Å². The summed E-state index contributed by atoms with van der Waals surface area (Å²) in [5.41, 5.74) is 0.693. The second-order valence-corrected chi connectivity index (χ2v) is 9.82. The summed E-state index contributed by atoms with van der Waals surface area (Å²) >= 11 is 1.39. The Morgan fingerprint density at radius 1 is 1.17 bits per heavy atom. The average molecular weight is 416 g/mol. The quantitative estimate of drug-likeness (QED) is 0.326. The Labute approximate surface area is 177 Å². The predicted octanol–water partition coefficient (Wildman–Crippen LogP) is 4.76. The number of nitrogens with one attached hydrogen (secondary N) is 1. The third-order valence-electron chi connectivity index (χ3n) is 5.31. The number of rotatable bonds is 11. The molecule has 5 nitrogen and oxygen atoms in total. The fourth-order valence-corrected chi connectivity index (χ4v) is 4.31. The highest BCUT2D eigenvalue weighted by molar-refractivity contribution is 8.00. The number of thioether (sulfide) groups is 1. The van der Waals surface area contributed by atoms with Crippen LogP contribution >= 0.6 is 11.8 Å². The van der Waals surface area contributed by atoms with E-state index in [1.165, 1.54) is 31.0 Å². The largest absolute Gasteiger partial charge is 0.352 e. The molecule has 158 valence electrons. The average Bonchev–Trinajstić information content (AvgIpc) is 3.50. The number of hydrogen-bond donors (Lipinski definition) is 1. The van der Waals surface area contributed by atoms with E-state index < -0.39 is 0 Å². The van der Waals surface area contributed by atoms with E-state index in [9.17, 15) is 9.59 Å². The van der Waals surface area contributed by atoms with Gasteiger partial charge in [0.25, 0.3) is 5.56 Å². The van der Waals surface area contributed by atoms with Crippen molar-refractivity contribution in [2.24, 2.45) is 5.92 Å². The Kier molecular flexibility index (Phi) is 7.76. The summed E-state index contributed by atoms with van der Waals surface area (Å²) in [6.45, 7) is 7.05. The number of para-hydroxylation sites is 1. The molecule has 0 aliphatic heterocycles. The van der Waals surface area contributed by atoms with Gasteiger partial charge >= 0.3 is 0 Å². The van der Waals surface area contributed by atoms with Crippen LogP contribution in [0.1, 0.15) is 65.7 Å². The molecule has 1 aliphatic rings. The van der Waals surface area contributed by atoms with E-state index >= 15 is 0 Å². The van der Waals surface area contributed by atoms with E-state index in [-0.39, 0.29) is 16.7 Å². The predicted molar refractivity (Wildman–Crippen MR) is 120 cm³/mol. The Balaban J connectivity index is 1.72. The van der Waals surface area contributed by atoms with Gasteiger partial charge in [0.1, 0.15) is 0 Å². The molecule has 2 aromatic rings. The third kappa shape index (κ3) is 6.33. The molecule has 1 amide bonds. The second kappa shape index (κ2) is 10.3. The Morgan fingerprint density at radius 2 is 1.90 bits per heavy atom. The van der Waals surface area contributed by atoms with Crippen LogP contribution in [0.3, 0.4) is 0 Å². The molecule has 29 heavy (non-hydrogen) atoms. The van der Waals surface area contributed by atoms with Crippen molar-refractivity contribution in [1.29, 1.82) is 0 Å². The number of hydrogen-bond acceptors (Lipinski definition) is 4. The van der Waals surface area contributed by atoms with Crippen LogP contribution in [0, 0.1) is 5.92 Å². The summed E-state index contributed by atoms with van der Waals surface area (Å²) in [4.78, 5) is 30.2. The molecule has 1 fully saturated rings. The number of unbranched alkanes of at least 4 members (excludes halogenated alkanes) is 3. The monoisotopic (exact) mass is 415 g/mol. The molecule has 1 aliphatic carbocycles. The van der Waals surface area contributed by atoms with Gasteiger partial charge in [-0.05, 0) is 44.2 Å². The Hall–Kier alpha value is -1.82. The number of carbonyl (C=O) groups excluding carboxylic acids is 1. The first-order chi connectivity index (χ1) is 14.0. The van der Waals surface area contributed by atoms with Crippen LogP contribution in [0.15, 0.2) is 34.2 Å². The molecule has 1 unspecified atom stereocenters. The van der Waals surface area contributed by atoms with Crippen molar-refractivity contribution in [3.05, 3.63) is 34.6 Å². The number of amides is 1. The van der Waals surface area contributed by atoms with E-state index in [1.54, 1.807) is 4.57 Å². The molecular formula is C23H33N3O2S. The van der Waals surface area contributed by atoms with Gasteiger partial charge < -0.3 is 5.32 Å². The van der Waals surface area contributed by atoms with Crippen LogP contribution in [-0.2, 0) is 11.3 Å². The van der Waals surface area contributed by atoms with Gasteiger partial charge in [0, 0.05) is 12.6 Å². The minimum atomic E-state index is -0.277. The summed E-state index contributed by atoms with van der Waals surface area (Å²) in [5, 5.41) is 4.06. The van der Waals surface area contributed by atoms with Gasteiger partial charge in [-0.15, -0.1) is 0 Å². The normalized spacial score (nSPS) is 15.0. The second-order valence-electron chi connectivity index (χ2n) is 8.51. The molecule has 0 radical (unpaired) electrons. The lowest BCUT2D eigenvalue weighted by Crippen LogP contribution is -2.33. The van der Waals surface area contributed by atoms with Gasteiger partial charge in [0.15, 0.2) is 5.16 Å². The van der Waals surface area contributed by atoms with Crippen molar-refractivity contribution in [3.8, 4) is 0 Å². The molecule has 1 N–H and O–H groups in total. The molecule has 1 aromatic carbocycles. The highest BCUT2D eigenvalue weighted by atomic mass is 32.2. The van der Waals surface area contributed by atoms with Gasteiger partial charge in [-0.25, -0.2) is 4.98 Å². The lowest BCUT2D eigenvalue weighted by molar-refractivity contribution is -0.120. The molecule has 1 atom stereocenters. The number of carbonyl (C=O) groups is 1. The van der Waals surface area contributed by atoms with Gasteiger partial charge in [0.2, 0.25) is 5.91 Å². The zero-order chi connectivity index (χ0) is 20.8. The van der Waals surface area contributed by atoms with Crippen molar-refractivity contribution in [1.82, 2.24) is 14.9 Å². The summed E-state index contributed by atoms with van der Waals surface area (Å²) in [6, 6.07) is 7.81. The molecule has 0 saturated heterocycles. The smallest absolute Gasteiger partial charge is 0.262 e. The number of nitrogens with zero attached hydrogens (tertiary/aromatic N) is 2. The number of fused-ring (bicyclic) bond motifs is 1. The fourth-order valence-electron chi connectivity index (χ4n) is 3.37. The Morgan fingerprint density at radius 3 is 2.62 bits per heavy atom. The lowest BCUT2D eigenvalue weighted by atomic mass is 10.0. The summed E-state index contributed by atoms with van der Waals surface area (Å²) in [7, 11) is 0. The van der Waals surface area contributed by atoms with Crippen LogP contribution in [0.5, 0.6) is 0 Å². The third-order valence-corrected chi connectivity index (χ3v) is 6.41. The first-order valence-corrected chi connectivity index (χ1v) is 11.8. The van der Waals surface area contributed by atoms with Gasteiger partial charge in [-0.1, -0.05) is 63.4 Å². The summed E-state index contributed by atoms with van der Waals surface area (Å²) in [6.07, 6.45) is 7.88. The van der Waals surface area contributed by atoms with E-state index in [0.29, 0.717) is 28.6 Å². The number of aromatic nitrogens is 2. The molecule has 1 aromatic heterocycles. The van der Waals surface area contributed by atoms with Crippen LogP contribution < -0.4 is 10.9 Å². The van der Waals surface area contributed by atoms with Gasteiger partial charge in [-0.2, -0.15) is 0 Å². The van der Waals surface area contributed by atoms with E-state index in [0.717, 1.165) is 31.6 Å². The van der Waals surface area contributed by atoms with Crippen LogP contribution in [0.25, 0.3) is 10.9 Å². The summed E-state index contributed by atoms with van der Waals surface area (Å²) < 4.78 is 1.77. The van der Waals surface area contributed by atoms with E-state index in [1.807, 2.05) is 31.2 Å². The SMILES string of the molecule is CC(C)CCCCCCn1c(SC(C)C(=O)NC2CC2)nc2ccccc2c1=O. The zero-order valence-electron chi connectivity index (χ0n) is 17.8. The maximum Gasteiger partial charge on any atom is 0.262 e. The minimum Gasteiger partial charge on any atom is -0.352 e. The molecule has 0 spiro atoms. The Bertz CT molecular complexity index is 889. The highest BCUT2D eigenvalue weighted by Gasteiger charge is 2.27. The van der Waals surface area contributed by atoms with Gasteiger partial charge in [-0.3, -0.25) is 14.2 Å². The molecule has 6 heteroatoms. The van der Waals surface area contributed by atoms with Crippen LogP contribution in [0.4, 0.5) is 0 Å².